The van der Waals surface area contributed by atoms with Crippen molar-refractivity contribution in [3.8, 4) is 22.6 Å². The number of phenols is 2. The van der Waals surface area contributed by atoms with Crippen LogP contribution in [-0.2, 0) is 0 Å². The molecule has 0 fully saturated rings. The first-order valence-corrected chi connectivity index (χ1v) is 5.17. The number of aromatic hydroxyl groups is 2. The van der Waals surface area contributed by atoms with Crippen LogP contribution in [0.25, 0.3) is 11.1 Å². The number of hydrogen-bond acceptors (Lipinski definition) is 2. The van der Waals surface area contributed by atoms with Crippen LogP contribution in [0.1, 0.15) is 11.1 Å². The fourth-order valence-corrected chi connectivity index (χ4v) is 1.75. The monoisotopic (exact) mass is 214 g/mol. The molecule has 0 radical (unpaired) electrons. The lowest BCUT2D eigenvalue weighted by atomic mass is 9.98. The number of hydrogen-bond donors (Lipinski definition) is 2. The molecule has 0 spiro atoms. The minimum absolute atomic E-state index is 0.261. The average molecular weight is 214 g/mol. The molecule has 16 heavy (non-hydrogen) atoms. The quantitative estimate of drug-likeness (QED) is 0.764. The van der Waals surface area contributed by atoms with Gasteiger partial charge in [0.05, 0.1) is 0 Å². The molecule has 0 unspecified atom stereocenters. The zero-order valence-corrected chi connectivity index (χ0v) is 9.36. The van der Waals surface area contributed by atoms with Gasteiger partial charge >= 0.3 is 0 Å². The number of aryl methyl sites for hydroxylation is 2. The van der Waals surface area contributed by atoms with Crippen LogP contribution in [0.15, 0.2) is 36.4 Å². The van der Waals surface area contributed by atoms with Gasteiger partial charge in [-0.2, -0.15) is 0 Å². The Morgan fingerprint density at radius 1 is 0.812 bits per heavy atom. The molecule has 0 aromatic heterocycles. The maximum absolute atomic E-state index is 9.58. The fraction of sp³-hybridized carbons (Fsp3) is 0.143. The van der Waals surface area contributed by atoms with E-state index in [-0.39, 0.29) is 5.75 Å². The van der Waals surface area contributed by atoms with E-state index in [0.29, 0.717) is 5.75 Å². The maximum Gasteiger partial charge on any atom is 0.118 e. The fourth-order valence-electron chi connectivity index (χ4n) is 1.75. The summed E-state index contributed by atoms with van der Waals surface area (Å²) in [6.45, 7) is 3.83. The summed E-state index contributed by atoms with van der Waals surface area (Å²) in [5.74, 6) is 0.580. The van der Waals surface area contributed by atoms with Crippen molar-refractivity contribution in [3.05, 3.63) is 47.5 Å². The summed E-state index contributed by atoms with van der Waals surface area (Å²) in [6.07, 6.45) is 0. The zero-order chi connectivity index (χ0) is 11.7. The van der Waals surface area contributed by atoms with Crippen molar-refractivity contribution in [2.45, 2.75) is 13.8 Å². The SMILES string of the molecule is Cc1cc(-c2ccc(O)cc2)c(C)cc1O. The number of rotatable bonds is 1. The molecular weight excluding hydrogens is 200 g/mol. The molecule has 2 heteroatoms. The predicted molar refractivity (Wildman–Crippen MR) is 64.7 cm³/mol. The Morgan fingerprint density at radius 3 is 2.06 bits per heavy atom. The summed E-state index contributed by atoms with van der Waals surface area (Å²) >= 11 is 0. The lowest BCUT2D eigenvalue weighted by Crippen LogP contribution is -1.85. The third kappa shape index (κ3) is 1.87. The lowest BCUT2D eigenvalue weighted by molar-refractivity contribution is 0.470. The van der Waals surface area contributed by atoms with Gasteiger partial charge in [0.15, 0.2) is 0 Å². The Bertz CT molecular complexity index is 513. The van der Waals surface area contributed by atoms with Crippen molar-refractivity contribution in [2.24, 2.45) is 0 Å². The van der Waals surface area contributed by atoms with Crippen LogP contribution >= 0.6 is 0 Å². The third-order valence-corrected chi connectivity index (χ3v) is 2.72. The highest BCUT2D eigenvalue weighted by Crippen LogP contribution is 2.30. The normalized spacial score (nSPS) is 10.4. The Morgan fingerprint density at radius 2 is 1.44 bits per heavy atom. The van der Waals surface area contributed by atoms with E-state index in [1.54, 1.807) is 18.2 Å². The second-order valence-electron chi connectivity index (χ2n) is 4.00. The maximum atomic E-state index is 9.58. The van der Waals surface area contributed by atoms with E-state index in [1.807, 2.05) is 32.0 Å². The Kier molecular flexibility index (Phi) is 2.57. The second-order valence-corrected chi connectivity index (χ2v) is 4.00. The first-order valence-electron chi connectivity index (χ1n) is 5.17. The molecule has 2 rings (SSSR count). The molecule has 2 aromatic carbocycles. The smallest absolute Gasteiger partial charge is 0.118 e. The van der Waals surface area contributed by atoms with Crippen molar-refractivity contribution < 1.29 is 10.2 Å². The molecule has 0 saturated carbocycles. The predicted octanol–water partition coefficient (Wildman–Crippen LogP) is 3.38. The lowest BCUT2D eigenvalue weighted by Gasteiger charge is -2.09. The van der Waals surface area contributed by atoms with E-state index >= 15 is 0 Å². The molecule has 2 nitrogen and oxygen atoms in total. The Hall–Kier alpha value is -1.96. The van der Waals surface area contributed by atoms with Crippen LogP contribution < -0.4 is 0 Å². The van der Waals surface area contributed by atoms with Gasteiger partial charge in [0.25, 0.3) is 0 Å². The number of benzene rings is 2. The second kappa shape index (κ2) is 3.89. The summed E-state index contributed by atoms with van der Waals surface area (Å²) in [5, 5.41) is 18.8. The third-order valence-electron chi connectivity index (χ3n) is 2.72. The first kappa shape index (κ1) is 10.6. The minimum Gasteiger partial charge on any atom is -0.508 e. The summed E-state index contributed by atoms with van der Waals surface area (Å²) in [7, 11) is 0. The highest BCUT2D eigenvalue weighted by molar-refractivity contribution is 5.69. The van der Waals surface area contributed by atoms with Crippen molar-refractivity contribution in [2.75, 3.05) is 0 Å². The summed E-state index contributed by atoms with van der Waals surface area (Å²) in [6, 6.07) is 10.8. The highest BCUT2D eigenvalue weighted by Gasteiger charge is 2.05. The summed E-state index contributed by atoms with van der Waals surface area (Å²) < 4.78 is 0. The van der Waals surface area contributed by atoms with Gasteiger partial charge in [-0.05, 0) is 60.4 Å². The van der Waals surface area contributed by atoms with Crippen LogP contribution in [0.2, 0.25) is 0 Å². The van der Waals surface area contributed by atoms with E-state index < -0.39 is 0 Å². The van der Waals surface area contributed by atoms with E-state index in [0.717, 1.165) is 22.3 Å². The topological polar surface area (TPSA) is 40.5 Å². The van der Waals surface area contributed by atoms with Crippen LogP contribution in [0.4, 0.5) is 0 Å². The largest absolute Gasteiger partial charge is 0.508 e. The molecule has 0 amide bonds. The van der Waals surface area contributed by atoms with Gasteiger partial charge in [-0.15, -0.1) is 0 Å². The summed E-state index contributed by atoms with van der Waals surface area (Å²) in [4.78, 5) is 0. The molecule has 0 aliphatic rings. The molecular formula is C14H14O2. The van der Waals surface area contributed by atoms with E-state index in [2.05, 4.69) is 0 Å². The molecule has 0 saturated heterocycles. The van der Waals surface area contributed by atoms with Crippen LogP contribution in [0.3, 0.4) is 0 Å². The van der Waals surface area contributed by atoms with E-state index in [9.17, 15) is 10.2 Å². The molecule has 0 aliphatic heterocycles. The van der Waals surface area contributed by atoms with Gasteiger partial charge in [-0.25, -0.2) is 0 Å². The van der Waals surface area contributed by atoms with Gasteiger partial charge in [0.2, 0.25) is 0 Å². The average Bonchev–Trinajstić information content (AvgIpc) is 2.25. The van der Waals surface area contributed by atoms with Crippen molar-refractivity contribution in [1.29, 1.82) is 0 Å². The molecule has 0 bridgehead atoms. The summed E-state index contributed by atoms with van der Waals surface area (Å²) in [5.41, 5.74) is 4.00. The van der Waals surface area contributed by atoms with Crippen LogP contribution in [0, 0.1) is 13.8 Å². The van der Waals surface area contributed by atoms with E-state index in [1.165, 1.54) is 0 Å². The van der Waals surface area contributed by atoms with Crippen molar-refractivity contribution >= 4 is 0 Å². The molecule has 2 N–H and O–H groups in total. The first-order chi connectivity index (χ1) is 7.58. The van der Waals surface area contributed by atoms with Gasteiger partial charge < -0.3 is 10.2 Å². The minimum atomic E-state index is 0.261. The molecule has 82 valence electrons. The standard InChI is InChI=1S/C14H14O2/c1-9-8-14(16)10(2)7-13(9)11-3-5-12(15)6-4-11/h3-8,15-16H,1-2H3. The Balaban J connectivity index is 2.56. The van der Waals surface area contributed by atoms with Crippen molar-refractivity contribution in [3.63, 3.8) is 0 Å². The van der Waals surface area contributed by atoms with Crippen LogP contribution in [0.5, 0.6) is 11.5 Å². The van der Waals surface area contributed by atoms with Gasteiger partial charge in [-0.1, -0.05) is 12.1 Å². The Labute approximate surface area is 94.8 Å². The van der Waals surface area contributed by atoms with Gasteiger partial charge in [0, 0.05) is 0 Å². The van der Waals surface area contributed by atoms with Gasteiger partial charge in [0.1, 0.15) is 11.5 Å². The number of phenolic OH excluding ortho intramolecular Hbond substituents is 2. The van der Waals surface area contributed by atoms with Crippen LogP contribution in [-0.4, -0.2) is 10.2 Å². The molecule has 2 aromatic rings. The molecule has 0 aliphatic carbocycles. The van der Waals surface area contributed by atoms with E-state index in [4.69, 9.17) is 0 Å². The van der Waals surface area contributed by atoms with Crippen molar-refractivity contribution in [1.82, 2.24) is 0 Å². The zero-order valence-electron chi connectivity index (χ0n) is 9.36. The highest BCUT2D eigenvalue weighted by atomic mass is 16.3. The molecule has 0 atom stereocenters. The van der Waals surface area contributed by atoms with Gasteiger partial charge in [-0.3, -0.25) is 0 Å². The molecule has 0 heterocycles.